The van der Waals surface area contributed by atoms with Crippen molar-refractivity contribution in [3.63, 3.8) is 0 Å². The van der Waals surface area contributed by atoms with Gasteiger partial charge in [-0.05, 0) is 44.4 Å². The molecular formula is C18H25FN4O. The molecule has 1 saturated heterocycles. The molecule has 2 atom stereocenters. The molecule has 0 radical (unpaired) electrons. The van der Waals surface area contributed by atoms with E-state index in [-0.39, 0.29) is 11.9 Å². The van der Waals surface area contributed by atoms with Crippen LogP contribution in [0.15, 0.2) is 30.6 Å². The maximum Gasteiger partial charge on any atom is 0.163 e. The van der Waals surface area contributed by atoms with E-state index in [0.29, 0.717) is 12.6 Å². The van der Waals surface area contributed by atoms with Gasteiger partial charge in [-0.3, -0.25) is 4.90 Å². The Balaban J connectivity index is 1.58. The van der Waals surface area contributed by atoms with E-state index in [9.17, 15) is 4.39 Å². The molecule has 24 heavy (non-hydrogen) atoms. The Morgan fingerprint density at radius 2 is 2.29 bits per heavy atom. The number of hydrogen-bond acceptors (Lipinski definition) is 4. The minimum Gasteiger partial charge on any atom is -0.368 e. The van der Waals surface area contributed by atoms with E-state index in [4.69, 9.17) is 4.74 Å². The van der Waals surface area contributed by atoms with E-state index < -0.39 is 0 Å². The largest absolute Gasteiger partial charge is 0.368 e. The van der Waals surface area contributed by atoms with Gasteiger partial charge in [-0.2, -0.15) is 0 Å². The van der Waals surface area contributed by atoms with Crippen LogP contribution in [0, 0.1) is 5.82 Å². The lowest BCUT2D eigenvalue weighted by Gasteiger charge is -2.36. The lowest BCUT2D eigenvalue weighted by Crippen LogP contribution is -2.44. The maximum absolute atomic E-state index is 13.3. The van der Waals surface area contributed by atoms with Gasteiger partial charge in [0, 0.05) is 25.7 Å². The normalized spacial score (nSPS) is 20.2. The highest BCUT2D eigenvalue weighted by Crippen LogP contribution is 2.23. The fourth-order valence-corrected chi connectivity index (χ4v) is 3.23. The number of hydrogen-bond donors (Lipinski definition) is 0. The molecule has 0 saturated carbocycles. The summed E-state index contributed by atoms with van der Waals surface area (Å²) in [6, 6.07) is 7.29. The van der Waals surface area contributed by atoms with E-state index in [1.807, 2.05) is 10.6 Å². The van der Waals surface area contributed by atoms with Gasteiger partial charge in [0.25, 0.3) is 0 Å². The molecule has 1 aliphatic heterocycles. The second kappa shape index (κ2) is 7.85. The quantitative estimate of drug-likeness (QED) is 0.816. The van der Waals surface area contributed by atoms with Crippen molar-refractivity contribution in [3.8, 4) is 0 Å². The number of aryl methyl sites for hydroxylation is 2. The van der Waals surface area contributed by atoms with Crippen LogP contribution in [0.3, 0.4) is 0 Å². The van der Waals surface area contributed by atoms with Gasteiger partial charge >= 0.3 is 0 Å². The zero-order chi connectivity index (χ0) is 16.9. The van der Waals surface area contributed by atoms with Crippen molar-refractivity contribution >= 4 is 0 Å². The van der Waals surface area contributed by atoms with Gasteiger partial charge in [0.2, 0.25) is 0 Å². The van der Waals surface area contributed by atoms with Crippen molar-refractivity contribution < 1.29 is 9.13 Å². The fourth-order valence-electron chi connectivity index (χ4n) is 3.23. The molecular weight excluding hydrogens is 307 g/mol. The molecule has 1 fully saturated rings. The molecule has 6 heteroatoms. The lowest BCUT2D eigenvalue weighted by atomic mass is 10.0. The van der Waals surface area contributed by atoms with Gasteiger partial charge in [-0.25, -0.2) is 4.39 Å². The van der Waals surface area contributed by atoms with Crippen molar-refractivity contribution in [2.24, 2.45) is 0 Å². The van der Waals surface area contributed by atoms with Crippen LogP contribution in [-0.4, -0.2) is 45.4 Å². The Morgan fingerprint density at radius 3 is 3.08 bits per heavy atom. The van der Waals surface area contributed by atoms with E-state index >= 15 is 0 Å². The van der Waals surface area contributed by atoms with Crippen molar-refractivity contribution in [2.45, 2.75) is 45.4 Å². The highest BCUT2D eigenvalue weighted by molar-refractivity contribution is 5.16. The number of nitrogens with zero attached hydrogens (tertiary/aromatic N) is 4. The maximum atomic E-state index is 13.3. The van der Waals surface area contributed by atoms with Gasteiger partial charge in [0.1, 0.15) is 18.2 Å². The number of ether oxygens (including phenoxy) is 1. The van der Waals surface area contributed by atoms with E-state index in [2.05, 4.69) is 28.9 Å². The predicted octanol–water partition coefficient (Wildman–Crippen LogP) is 2.83. The minimum absolute atomic E-state index is 0.0298. The highest BCUT2D eigenvalue weighted by atomic mass is 19.1. The SMILES string of the molecule is CCn1cnnc1[C@H]1CN([C@H](C)CCc2cccc(F)c2)CCO1. The summed E-state index contributed by atoms with van der Waals surface area (Å²) in [5.41, 5.74) is 1.05. The van der Waals surface area contributed by atoms with Crippen LogP contribution >= 0.6 is 0 Å². The molecule has 0 N–H and O–H groups in total. The average molecular weight is 332 g/mol. The fraction of sp³-hybridized carbons (Fsp3) is 0.556. The van der Waals surface area contributed by atoms with E-state index in [1.165, 1.54) is 6.07 Å². The summed E-state index contributed by atoms with van der Waals surface area (Å²) in [6.07, 6.45) is 3.60. The second-order valence-electron chi connectivity index (χ2n) is 6.35. The summed E-state index contributed by atoms with van der Waals surface area (Å²) in [5, 5.41) is 8.23. The summed E-state index contributed by atoms with van der Waals surface area (Å²) >= 11 is 0. The summed E-state index contributed by atoms with van der Waals surface area (Å²) in [5.74, 6) is 0.741. The third-order valence-electron chi connectivity index (χ3n) is 4.74. The molecule has 3 rings (SSSR count). The molecule has 1 aromatic heterocycles. The van der Waals surface area contributed by atoms with Gasteiger partial charge < -0.3 is 9.30 Å². The van der Waals surface area contributed by atoms with Crippen LogP contribution in [0.5, 0.6) is 0 Å². The van der Waals surface area contributed by atoms with Crippen molar-refractivity contribution in [2.75, 3.05) is 19.7 Å². The number of rotatable bonds is 6. The lowest BCUT2D eigenvalue weighted by molar-refractivity contribution is -0.0490. The van der Waals surface area contributed by atoms with Crippen LogP contribution in [0.4, 0.5) is 4.39 Å². The monoisotopic (exact) mass is 332 g/mol. The zero-order valence-electron chi connectivity index (χ0n) is 14.4. The first kappa shape index (κ1) is 17.0. The van der Waals surface area contributed by atoms with E-state index in [0.717, 1.165) is 43.9 Å². The topological polar surface area (TPSA) is 43.2 Å². The molecule has 0 aliphatic carbocycles. The molecule has 5 nitrogen and oxygen atoms in total. The van der Waals surface area contributed by atoms with Crippen LogP contribution < -0.4 is 0 Å². The Kier molecular flexibility index (Phi) is 5.58. The smallest absolute Gasteiger partial charge is 0.163 e. The average Bonchev–Trinajstić information content (AvgIpc) is 3.08. The second-order valence-corrected chi connectivity index (χ2v) is 6.35. The summed E-state index contributed by atoms with van der Waals surface area (Å²) in [4.78, 5) is 2.43. The molecule has 2 heterocycles. The molecule has 0 amide bonds. The van der Waals surface area contributed by atoms with E-state index in [1.54, 1.807) is 18.5 Å². The van der Waals surface area contributed by atoms with Crippen LogP contribution in [0.1, 0.15) is 37.8 Å². The third kappa shape index (κ3) is 3.99. The highest BCUT2D eigenvalue weighted by Gasteiger charge is 2.28. The Labute approximate surface area is 142 Å². The molecule has 2 aromatic rings. The van der Waals surface area contributed by atoms with Crippen LogP contribution in [0.25, 0.3) is 0 Å². The van der Waals surface area contributed by atoms with Crippen LogP contribution in [-0.2, 0) is 17.7 Å². The van der Waals surface area contributed by atoms with Crippen molar-refractivity contribution in [1.29, 1.82) is 0 Å². The summed E-state index contributed by atoms with van der Waals surface area (Å²) in [6.45, 7) is 7.59. The molecule has 1 aliphatic rings. The number of halogens is 1. The minimum atomic E-state index is -0.162. The molecule has 0 bridgehead atoms. The van der Waals surface area contributed by atoms with Crippen molar-refractivity contribution in [3.05, 3.63) is 47.8 Å². The first-order valence-corrected chi connectivity index (χ1v) is 8.65. The molecule has 1 aromatic carbocycles. The van der Waals surface area contributed by atoms with Crippen LogP contribution in [0.2, 0.25) is 0 Å². The summed E-state index contributed by atoms with van der Waals surface area (Å²) < 4.78 is 21.2. The Hall–Kier alpha value is -1.79. The Bertz CT molecular complexity index is 660. The first-order valence-electron chi connectivity index (χ1n) is 8.65. The number of aromatic nitrogens is 3. The van der Waals surface area contributed by atoms with Crippen molar-refractivity contribution in [1.82, 2.24) is 19.7 Å². The van der Waals surface area contributed by atoms with Gasteiger partial charge in [-0.15, -0.1) is 10.2 Å². The zero-order valence-corrected chi connectivity index (χ0v) is 14.4. The standard InChI is InChI=1S/C18H25FN4O/c1-3-22-13-20-21-18(22)17-12-23(9-10-24-17)14(2)7-8-15-5-4-6-16(19)11-15/h4-6,11,13-14,17H,3,7-10,12H2,1-2H3/t14-,17-/m1/s1. The molecule has 0 unspecified atom stereocenters. The molecule has 130 valence electrons. The summed E-state index contributed by atoms with van der Waals surface area (Å²) in [7, 11) is 0. The molecule has 0 spiro atoms. The number of morpholine rings is 1. The van der Waals surface area contributed by atoms with Gasteiger partial charge in [-0.1, -0.05) is 12.1 Å². The number of benzene rings is 1. The first-order chi connectivity index (χ1) is 11.7. The van der Waals surface area contributed by atoms with Gasteiger partial charge in [0.15, 0.2) is 5.82 Å². The third-order valence-corrected chi connectivity index (χ3v) is 4.74. The van der Waals surface area contributed by atoms with Gasteiger partial charge in [0.05, 0.1) is 6.61 Å². The predicted molar refractivity (Wildman–Crippen MR) is 90.1 cm³/mol. The Morgan fingerprint density at radius 1 is 1.42 bits per heavy atom.